The van der Waals surface area contributed by atoms with E-state index in [-0.39, 0.29) is 11.5 Å². The van der Waals surface area contributed by atoms with Gasteiger partial charge in [-0.15, -0.1) is 11.3 Å². The number of fused-ring (bicyclic) bond motifs is 1. The number of likely N-dealkylation sites (tertiary alicyclic amines) is 2. The third kappa shape index (κ3) is 2.95. The van der Waals surface area contributed by atoms with Crippen LogP contribution in [0.25, 0.3) is 4.96 Å². The molecule has 2 aliphatic heterocycles. The summed E-state index contributed by atoms with van der Waals surface area (Å²) in [5.74, 6) is 0.215. The highest BCUT2D eigenvalue weighted by Crippen LogP contribution is 2.39. The van der Waals surface area contributed by atoms with E-state index in [0.717, 1.165) is 44.5 Å². The van der Waals surface area contributed by atoms with E-state index in [9.17, 15) is 9.59 Å². The zero-order valence-electron chi connectivity index (χ0n) is 15.0. The molecule has 26 heavy (non-hydrogen) atoms. The second kappa shape index (κ2) is 7.09. The summed E-state index contributed by atoms with van der Waals surface area (Å²) < 4.78 is 6.72. The Morgan fingerprint density at radius 1 is 1.27 bits per heavy atom. The first-order valence-corrected chi connectivity index (χ1v) is 10.0. The third-order valence-corrected chi connectivity index (χ3v) is 6.36. The summed E-state index contributed by atoms with van der Waals surface area (Å²) in [7, 11) is 1.66. The van der Waals surface area contributed by atoms with E-state index < -0.39 is 5.54 Å². The number of aromatic nitrogens is 2. The van der Waals surface area contributed by atoms with Gasteiger partial charge in [0.15, 0.2) is 4.96 Å². The number of hydrogen-bond acceptors (Lipinski definition) is 6. The molecule has 0 bridgehead atoms. The van der Waals surface area contributed by atoms with Crippen LogP contribution in [0.1, 0.15) is 31.4 Å². The predicted octanol–water partition coefficient (Wildman–Crippen LogP) is 1.36. The minimum absolute atomic E-state index is 0.0591. The van der Waals surface area contributed by atoms with Gasteiger partial charge in [-0.3, -0.25) is 18.9 Å². The molecular weight excluding hydrogens is 352 g/mol. The minimum atomic E-state index is -0.436. The van der Waals surface area contributed by atoms with E-state index in [0.29, 0.717) is 24.7 Å². The van der Waals surface area contributed by atoms with Gasteiger partial charge in [0.25, 0.3) is 5.56 Å². The molecule has 2 aromatic heterocycles. The Morgan fingerprint density at radius 3 is 2.88 bits per heavy atom. The summed E-state index contributed by atoms with van der Waals surface area (Å²) >= 11 is 1.45. The van der Waals surface area contributed by atoms with Crippen molar-refractivity contribution in [3.8, 4) is 0 Å². The van der Waals surface area contributed by atoms with Crippen LogP contribution in [-0.4, -0.2) is 64.0 Å². The van der Waals surface area contributed by atoms with E-state index in [1.165, 1.54) is 11.3 Å². The molecule has 0 aliphatic carbocycles. The summed E-state index contributed by atoms with van der Waals surface area (Å²) in [4.78, 5) is 35.0. The first kappa shape index (κ1) is 17.6. The molecule has 1 amide bonds. The minimum Gasteiger partial charge on any atom is -0.383 e. The normalized spacial score (nSPS) is 24.2. The van der Waals surface area contributed by atoms with Crippen LogP contribution >= 0.6 is 11.3 Å². The summed E-state index contributed by atoms with van der Waals surface area (Å²) in [5.41, 5.74) is 0.255. The molecule has 2 saturated heterocycles. The molecule has 1 atom stereocenters. The lowest BCUT2D eigenvalue weighted by molar-refractivity contribution is -0.148. The van der Waals surface area contributed by atoms with Crippen molar-refractivity contribution in [2.45, 2.75) is 37.8 Å². The summed E-state index contributed by atoms with van der Waals surface area (Å²) in [5, 5.41) is 1.86. The van der Waals surface area contributed by atoms with Crippen LogP contribution in [-0.2, 0) is 16.1 Å². The van der Waals surface area contributed by atoms with Crippen molar-refractivity contribution < 1.29 is 9.53 Å². The fraction of sp³-hybridized carbons (Fsp3) is 0.611. The van der Waals surface area contributed by atoms with Gasteiger partial charge >= 0.3 is 0 Å². The van der Waals surface area contributed by atoms with Crippen molar-refractivity contribution in [2.75, 3.05) is 33.4 Å². The highest BCUT2D eigenvalue weighted by atomic mass is 32.1. The van der Waals surface area contributed by atoms with Crippen molar-refractivity contribution in [2.24, 2.45) is 0 Å². The lowest BCUT2D eigenvalue weighted by Gasteiger charge is -2.44. The molecule has 8 heteroatoms. The fourth-order valence-electron chi connectivity index (χ4n) is 4.33. The molecular formula is C18H24N4O3S. The highest BCUT2D eigenvalue weighted by molar-refractivity contribution is 7.15. The molecule has 0 radical (unpaired) electrons. The van der Waals surface area contributed by atoms with Gasteiger partial charge in [-0.1, -0.05) is 0 Å². The maximum atomic E-state index is 13.2. The lowest BCUT2D eigenvalue weighted by atomic mass is 9.85. The Kier molecular flexibility index (Phi) is 4.81. The van der Waals surface area contributed by atoms with E-state index in [4.69, 9.17) is 4.74 Å². The predicted molar refractivity (Wildman–Crippen MR) is 99.4 cm³/mol. The van der Waals surface area contributed by atoms with Gasteiger partial charge in [0, 0.05) is 44.4 Å². The van der Waals surface area contributed by atoms with Gasteiger partial charge in [0.1, 0.15) is 5.54 Å². The van der Waals surface area contributed by atoms with Crippen molar-refractivity contribution in [3.63, 3.8) is 0 Å². The van der Waals surface area contributed by atoms with Crippen LogP contribution in [0.5, 0.6) is 0 Å². The maximum Gasteiger partial charge on any atom is 0.258 e. The zero-order valence-corrected chi connectivity index (χ0v) is 15.8. The third-order valence-electron chi connectivity index (χ3n) is 5.60. The van der Waals surface area contributed by atoms with Gasteiger partial charge in [0.05, 0.1) is 12.3 Å². The second-order valence-electron chi connectivity index (χ2n) is 7.09. The average molecular weight is 376 g/mol. The van der Waals surface area contributed by atoms with E-state index in [1.807, 2.05) is 10.3 Å². The number of hydrogen-bond donors (Lipinski definition) is 0. The molecule has 140 valence electrons. The number of amides is 1. The maximum absolute atomic E-state index is 13.2. The van der Waals surface area contributed by atoms with E-state index in [2.05, 4.69) is 9.88 Å². The van der Waals surface area contributed by atoms with Crippen LogP contribution < -0.4 is 5.56 Å². The first-order chi connectivity index (χ1) is 12.6. The van der Waals surface area contributed by atoms with E-state index >= 15 is 0 Å². The number of methoxy groups -OCH3 is 1. The quantitative estimate of drug-likeness (QED) is 0.788. The molecule has 2 aromatic rings. The fourth-order valence-corrected chi connectivity index (χ4v) is 5.07. The smallest absolute Gasteiger partial charge is 0.258 e. The molecule has 4 rings (SSSR count). The number of thiazole rings is 1. The van der Waals surface area contributed by atoms with Crippen molar-refractivity contribution in [1.82, 2.24) is 19.2 Å². The average Bonchev–Trinajstić information content (AvgIpc) is 3.25. The topological polar surface area (TPSA) is 67.2 Å². The molecule has 2 aliphatic rings. The number of piperidine rings is 1. The summed E-state index contributed by atoms with van der Waals surface area (Å²) in [6, 6.07) is 1.60. The molecule has 0 aromatic carbocycles. The van der Waals surface area contributed by atoms with Crippen molar-refractivity contribution in [3.05, 3.63) is 33.7 Å². The standard InChI is InChI=1S/C18H24N4O3S/c1-25-10-8-20-6-2-4-18(16(20)24)5-3-7-21(18)13-14-12-15(23)22-9-11-26-17(22)19-14/h9,11-12H,2-8,10,13H2,1H3. The molecule has 0 saturated carbocycles. The monoisotopic (exact) mass is 376 g/mol. The first-order valence-electron chi connectivity index (χ1n) is 9.13. The van der Waals surface area contributed by atoms with E-state index in [1.54, 1.807) is 23.8 Å². The summed E-state index contributed by atoms with van der Waals surface area (Å²) in [6.45, 7) is 3.43. The van der Waals surface area contributed by atoms with Crippen LogP contribution in [0.2, 0.25) is 0 Å². The molecule has 1 spiro atoms. The van der Waals surface area contributed by atoms with Gasteiger partial charge in [-0.25, -0.2) is 4.98 Å². The highest BCUT2D eigenvalue weighted by Gasteiger charge is 2.50. The van der Waals surface area contributed by atoms with Crippen molar-refractivity contribution in [1.29, 1.82) is 0 Å². The Balaban J connectivity index is 1.59. The van der Waals surface area contributed by atoms with Gasteiger partial charge in [-0.2, -0.15) is 0 Å². The number of ether oxygens (including phenoxy) is 1. The SMILES string of the molecule is COCCN1CCCC2(CCCN2Cc2cc(=O)n3ccsc3n2)C1=O. The molecule has 1 unspecified atom stereocenters. The van der Waals surface area contributed by atoms with Crippen molar-refractivity contribution >= 4 is 22.2 Å². The number of carbonyl (C=O) groups excluding carboxylic acids is 1. The molecule has 2 fully saturated rings. The Bertz CT molecular complexity index is 863. The Hall–Kier alpha value is -1.77. The second-order valence-corrected chi connectivity index (χ2v) is 7.96. The number of rotatable bonds is 5. The largest absolute Gasteiger partial charge is 0.383 e. The summed E-state index contributed by atoms with van der Waals surface area (Å²) in [6.07, 6.45) is 5.52. The van der Waals surface area contributed by atoms with Gasteiger partial charge in [0.2, 0.25) is 5.91 Å². The lowest BCUT2D eigenvalue weighted by Crippen LogP contribution is -2.60. The molecule has 4 heterocycles. The number of carbonyl (C=O) groups is 1. The zero-order chi connectivity index (χ0) is 18.1. The van der Waals surface area contributed by atoms with Crippen LogP contribution in [0.4, 0.5) is 0 Å². The Morgan fingerprint density at radius 2 is 2.08 bits per heavy atom. The number of nitrogens with zero attached hydrogens (tertiary/aromatic N) is 4. The van der Waals surface area contributed by atoms with Crippen LogP contribution in [0.15, 0.2) is 22.4 Å². The molecule has 0 N–H and O–H groups in total. The van der Waals surface area contributed by atoms with Crippen LogP contribution in [0.3, 0.4) is 0 Å². The van der Waals surface area contributed by atoms with Crippen LogP contribution in [0, 0.1) is 0 Å². The van der Waals surface area contributed by atoms with Gasteiger partial charge in [-0.05, 0) is 32.2 Å². The molecule has 7 nitrogen and oxygen atoms in total. The Labute approximate surface area is 156 Å². The van der Waals surface area contributed by atoms with Gasteiger partial charge < -0.3 is 9.64 Å².